The monoisotopic (exact) mass is 1110 g/mol. The zero-order valence-corrected chi connectivity index (χ0v) is 48.0. The van der Waals surface area contributed by atoms with Gasteiger partial charge in [0.05, 0.1) is 22.1 Å². The van der Waals surface area contributed by atoms with Crippen molar-refractivity contribution in [1.29, 1.82) is 0 Å². The van der Waals surface area contributed by atoms with Gasteiger partial charge in [0.1, 0.15) is 0 Å². The molecule has 0 aliphatic rings. The van der Waals surface area contributed by atoms with Gasteiger partial charge in [0.25, 0.3) is 0 Å². The van der Waals surface area contributed by atoms with Gasteiger partial charge in [-0.2, -0.15) is 0 Å². The van der Waals surface area contributed by atoms with Gasteiger partial charge in [-0.05, 0) is 83.6 Å². The molecule has 0 aliphatic carbocycles. The van der Waals surface area contributed by atoms with Gasteiger partial charge in [-0.1, -0.05) is 286 Å². The average Bonchev–Trinajstić information content (AvgIpc) is 1.79. The molecule has 0 unspecified atom stereocenters. The van der Waals surface area contributed by atoms with Crippen molar-refractivity contribution < 1.29 is 0 Å². The Labute approximate surface area is 502 Å². The summed E-state index contributed by atoms with van der Waals surface area (Å²) in [5.41, 5.74) is 18.4. The molecule has 17 aromatic rings. The molecule has 4 aromatic heterocycles. The second-order valence-electron chi connectivity index (χ2n) is 22.7. The minimum atomic E-state index is -0.0434. The Balaban J connectivity index is 0.891. The Morgan fingerprint density at radius 3 is 0.953 bits per heavy atom. The molecule has 4 heterocycles. The first kappa shape index (κ1) is 49.7. The van der Waals surface area contributed by atoms with Crippen LogP contribution < -0.4 is 49.2 Å². The molecule has 0 fully saturated rings. The van der Waals surface area contributed by atoms with Crippen LogP contribution in [0.1, 0.15) is 0 Å². The van der Waals surface area contributed by atoms with Crippen LogP contribution >= 0.6 is 22.7 Å². The Morgan fingerprint density at radius 1 is 0.188 bits per heavy atom. The number of fused-ring (bicyclic) bond motifs is 12. The van der Waals surface area contributed by atoms with Crippen molar-refractivity contribution in [2.75, 3.05) is 0 Å². The third-order valence-corrected chi connectivity index (χ3v) is 20.2. The van der Waals surface area contributed by atoms with Crippen molar-refractivity contribution >= 4 is 176 Å². The maximum absolute atomic E-state index is 2.53. The molecule has 7 heteroatoms. The molecule has 0 saturated heterocycles. The summed E-state index contributed by atoms with van der Waals surface area (Å²) < 4.78 is 10.3. The number of aromatic nitrogens is 2. The second-order valence-corrected chi connectivity index (χ2v) is 24.9. The summed E-state index contributed by atoms with van der Waals surface area (Å²) in [5.74, 6) is 0. The Bertz CT molecular complexity index is 5170. The van der Waals surface area contributed by atoms with Crippen LogP contribution in [0, 0.1) is 0 Å². The lowest BCUT2D eigenvalue weighted by Gasteiger charge is -2.18. The molecular weight excluding hydrogens is 1060 g/mol. The highest BCUT2D eigenvalue weighted by Gasteiger charge is 2.28. The number of para-hydroxylation sites is 1. The fourth-order valence-corrected chi connectivity index (χ4v) is 16.2. The number of rotatable bonds is 11. The number of thiophene rings is 2. The van der Waals surface area contributed by atoms with Crippen molar-refractivity contribution in [2.45, 2.75) is 0 Å². The summed E-state index contributed by atoms with van der Waals surface area (Å²) in [6.07, 6.45) is 0. The predicted molar refractivity (Wildman–Crippen MR) is 374 cm³/mol. The highest BCUT2D eigenvalue weighted by atomic mass is 32.1. The van der Waals surface area contributed by atoms with Gasteiger partial charge in [0, 0.05) is 62.5 Å². The third-order valence-electron chi connectivity index (χ3n) is 17.9. The van der Waals surface area contributed by atoms with Crippen molar-refractivity contribution in [1.82, 2.24) is 9.13 Å². The number of hydrogen-bond acceptors (Lipinski definition) is 2. The van der Waals surface area contributed by atoms with Crippen LogP contribution in [0.5, 0.6) is 0 Å². The zero-order valence-electron chi connectivity index (χ0n) is 46.4. The van der Waals surface area contributed by atoms with Crippen molar-refractivity contribution in [2.24, 2.45) is 0 Å². The largest absolute Gasteiger partial charge is 0.309 e. The summed E-state index contributed by atoms with van der Waals surface area (Å²) in [6.45, 7) is 0.149. The summed E-state index contributed by atoms with van der Waals surface area (Å²) in [7, 11) is 0. The zero-order chi connectivity index (χ0) is 56.0. The van der Waals surface area contributed by atoms with E-state index in [-0.39, 0.29) is 20.1 Å². The average molecular weight is 1110 g/mol. The standard InChI is InChI=1S/C78H51B3N2S2/c1-5-19-52(20-6-1)79(53-21-7-2-8-22-53)56-33-40-61(41-34-56)82-71-30-16-13-27-63(71)67-50-68-66-47-58(37-44-72(66)83(74(68)51-73(67)82)62-42-35-57(36-43-62)80(54-23-9-3-10-24-54)55-25-11-4-12-26-55)81(59-38-45-77-69(48-59)64-28-14-17-31-75(64)84-77)60-39-46-78-70(49-60)65-29-15-18-32-76(65)85-78/h1-51H. The Kier molecular flexibility index (Phi) is 12.0. The third kappa shape index (κ3) is 8.40. The van der Waals surface area contributed by atoms with Crippen LogP contribution in [-0.2, 0) is 0 Å². The van der Waals surface area contributed by atoms with Gasteiger partial charge in [0.15, 0.2) is 0 Å². The lowest BCUT2D eigenvalue weighted by molar-refractivity contribution is 1.17. The molecule has 85 heavy (non-hydrogen) atoms. The highest BCUT2D eigenvalue weighted by molar-refractivity contribution is 7.26. The number of nitrogens with zero attached hydrogens (tertiary/aromatic N) is 2. The first-order chi connectivity index (χ1) is 42.1. The Morgan fingerprint density at radius 2 is 0.494 bits per heavy atom. The molecule has 0 saturated carbocycles. The summed E-state index contributed by atoms with van der Waals surface area (Å²) in [4.78, 5) is 0. The van der Waals surface area contributed by atoms with Gasteiger partial charge < -0.3 is 9.13 Å². The molecule has 0 atom stereocenters. The van der Waals surface area contributed by atoms with E-state index < -0.39 is 0 Å². The molecule has 17 rings (SSSR count). The molecule has 0 amide bonds. The molecule has 394 valence electrons. The molecule has 0 N–H and O–H groups in total. The molecule has 0 aliphatic heterocycles. The van der Waals surface area contributed by atoms with Gasteiger partial charge in [-0.25, -0.2) is 0 Å². The van der Waals surface area contributed by atoms with Crippen molar-refractivity contribution in [3.05, 3.63) is 309 Å². The highest BCUT2D eigenvalue weighted by Crippen LogP contribution is 2.40. The van der Waals surface area contributed by atoms with Crippen molar-refractivity contribution in [3.63, 3.8) is 0 Å². The lowest BCUT2D eigenvalue weighted by atomic mass is 9.36. The SMILES string of the molecule is c1ccc(B(c2ccccc2)c2ccc(-n3c4ccccc4c4cc5c6cc(B(c7ccc8sc9ccccc9c8c7)c7ccc8sc9ccccc9c8c7)ccc6n(-c6ccc(B(c7ccccc7)c7ccccc7)cc6)c5cc43)cc2)cc1. The van der Waals surface area contributed by atoms with Gasteiger partial charge in [-0.3, -0.25) is 0 Å². The quantitative estimate of drug-likeness (QED) is 0.114. The van der Waals surface area contributed by atoms with E-state index in [4.69, 9.17) is 0 Å². The fourth-order valence-electron chi connectivity index (χ4n) is 14.0. The van der Waals surface area contributed by atoms with E-state index in [1.807, 2.05) is 22.7 Å². The molecule has 2 nitrogen and oxygen atoms in total. The van der Waals surface area contributed by atoms with Gasteiger partial charge >= 0.3 is 0 Å². The van der Waals surface area contributed by atoms with E-state index in [0.29, 0.717) is 0 Å². The van der Waals surface area contributed by atoms with Crippen molar-refractivity contribution in [3.8, 4) is 11.4 Å². The van der Waals surface area contributed by atoms with Crippen LogP contribution in [0.4, 0.5) is 0 Å². The van der Waals surface area contributed by atoms with E-state index >= 15 is 0 Å². The predicted octanol–water partition coefficient (Wildman–Crippen LogP) is 14.2. The first-order valence-corrected chi connectivity index (χ1v) is 31.0. The summed E-state index contributed by atoms with van der Waals surface area (Å²) in [6, 6.07) is 116. The molecular formula is C78H51B3N2S2. The van der Waals surface area contributed by atoms with E-state index in [9.17, 15) is 0 Å². The van der Waals surface area contributed by atoms with E-state index in [1.54, 1.807) is 0 Å². The smallest absolute Gasteiger partial charge is 0.241 e. The first-order valence-electron chi connectivity index (χ1n) is 29.4. The van der Waals surface area contributed by atoms with Crippen LogP contribution in [0.2, 0.25) is 0 Å². The summed E-state index contributed by atoms with van der Waals surface area (Å²) >= 11 is 3.76. The minimum Gasteiger partial charge on any atom is -0.309 e. The van der Waals surface area contributed by atoms with Crippen LogP contribution in [0.25, 0.3) is 95.3 Å². The van der Waals surface area contributed by atoms with Crippen LogP contribution in [0.15, 0.2) is 309 Å². The molecule has 0 spiro atoms. The number of benzene rings is 13. The van der Waals surface area contributed by atoms with Gasteiger partial charge in [0.2, 0.25) is 20.1 Å². The Hall–Kier alpha value is -9.91. The van der Waals surface area contributed by atoms with E-state index in [2.05, 4.69) is 319 Å². The summed E-state index contributed by atoms with van der Waals surface area (Å²) in [5, 5.41) is 10.2. The second kappa shape index (κ2) is 20.5. The number of hydrogen-bond donors (Lipinski definition) is 0. The molecule has 0 bridgehead atoms. The lowest BCUT2D eigenvalue weighted by Crippen LogP contribution is -2.51. The van der Waals surface area contributed by atoms with Gasteiger partial charge in [-0.15, -0.1) is 22.7 Å². The van der Waals surface area contributed by atoms with Crippen LogP contribution in [-0.4, -0.2) is 29.3 Å². The fraction of sp³-hybridized carbons (Fsp3) is 0. The van der Waals surface area contributed by atoms with Crippen LogP contribution in [0.3, 0.4) is 0 Å². The van der Waals surface area contributed by atoms with E-state index in [1.165, 1.54) is 128 Å². The maximum atomic E-state index is 2.53. The topological polar surface area (TPSA) is 9.86 Å². The maximum Gasteiger partial charge on any atom is 0.241 e. The minimum absolute atomic E-state index is 0.0434. The molecule has 0 radical (unpaired) electrons. The van der Waals surface area contributed by atoms with E-state index in [0.717, 1.165) is 16.9 Å². The normalized spacial score (nSPS) is 11.8. The molecule has 13 aromatic carbocycles.